The molecule has 20 heavy (non-hydrogen) atoms. The molecule has 1 aromatic rings. The van der Waals surface area contributed by atoms with Crippen molar-refractivity contribution in [3.63, 3.8) is 0 Å². The number of hydrogen-bond acceptors (Lipinski definition) is 3. The summed E-state index contributed by atoms with van der Waals surface area (Å²) in [6.07, 6.45) is 0. The minimum Gasteiger partial charge on any atom is -0.399 e. The molecule has 0 aliphatic carbocycles. The predicted octanol–water partition coefficient (Wildman–Crippen LogP) is 1.65. The number of carbonyl (C=O) groups excluding carboxylic acids is 1. The van der Waals surface area contributed by atoms with E-state index in [2.05, 4.69) is 5.32 Å². The summed E-state index contributed by atoms with van der Waals surface area (Å²) in [4.78, 5) is 12.0. The maximum atomic E-state index is 12.0. The molecule has 2 rings (SSSR count). The van der Waals surface area contributed by atoms with Gasteiger partial charge in [-0.2, -0.15) is 0 Å². The van der Waals surface area contributed by atoms with Gasteiger partial charge >= 0.3 is 7.12 Å². The smallest absolute Gasteiger partial charge is 0.399 e. The summed E-state index contributed by atoms with van der Waals surface area (Å²) < 4.78 is 12.1. The molecule has 1 N–H and O–H groups in total. The predicted molar refractivity (Wildman–Crippen MR) is 80.3 cm³/mol. The molecule has 0 radical (unpaired) electrons. The van der Waals surface area contributed by atoms with E-state index in [1.807, 2.05) is 52.8 Å². The van der Waals surface area contributed by atoms with Crippen LogP contribution in [-0.2, 0) is 9.31 Å². The Morgan fingerprint density at radius 1 is 1.15 bits per heavy atom. The van der Waals surface area contributed by atoms with Crippen LogP contribution >= 0.6 is 0 Å². The molecule has 1 aliphatic heterocycles. The van der Waals surface area contributed by atoms with E-state index in [-0.39, 0.29) is 5.91 Å². The van der Waals surface area contributed by atoms with Crippen LogP contribution in [0.4, 0.5) is 0 Å². The van der Waals surface area contributed by atoms with Crippen molar-refractivity contribution in [3.8, 4) is 0 Å². The molecule has 0 atom stereocenters. The lowest BCUT2D eigenvalue weighted by Crippen LogP contribution is -2.41. The van der Waals surface area contributed by atoms with Gasteiger partial charge in [-0.25, -0.2) is 0 Å². The summed E-state index contributed by atoms with van der Waals surface area (Å²) in [5.74, 6) is -0.130. The monoisotopic (exact) mass is 275 g/mol. The molecule has 1 amide bonds. The minimum atomic E-state index is -0.521. The van der Waals surface area contributed by atoms with Gasteiger partial charge in [-0.05, 0) is 46.1 Å². The molecule has 0 saturated carbocycles. The van der Waals surface area contributed by atoms with E-state index in [1.165, 1.54) is 0 Å². The SMILES string of the molecule is CNC(=O)c1ccc(C)cc1B1OC(C)(C)C(C)(C)O1. The fourth-order valence-electron chi connectivity index (χ4n) is 2.19. The second-order valence-electron chi connectivity index (χ2n) is 6.26. The highest BCUT2D eigenvalue weighted by Crippen LogP contribution is 2.36. The first-order valence-corrected chi connectivity index (χ1v) is 6.86. The van der Waals surface area contributed by atoms with Crippen LogP contribution in [0, 0.1) is 6.92 Å². The lowest BCUT2D eigenvalue weighted by molar-refractivity contribution is 0.00578. The van der Waals surface area contributed by atoms with Gasteiger partial charge in [0.15, 0.2) is 0 Å². The highest BCUT2D eigenvalue weighted by Gasteiger charge is 2.52. The lowest BCUT2D eigenvalue weighted by Gasteiger charge is -2.32. The first-order valence-electron chi connectivity index (χ1n) is 6.86. The molecular formula is C15H22BNO3. The van der Waals surface area contributed by atoms with E-state index in [0.717, 1.165) is 11.0 Å². The molecule has 1 saturated heterocycles. The Bertz CT molecular complexity index is 524. The third kappa shape index (κ3) is 2.48. The highest BCUT2D eigenvalue weighted by molar-refractivity contribution is 6.63. The second kappa shape index (κ2) is 4.90. The number of aryl methyl sites for hydroxylation is 1. The Balaban J connectivity index is 2.44. The Kier molecular flexibility index (Phi) is 3.69. The van der Waals surface area contributed by atoms with Gasteiger partial charge in [0.1, 0.15) is 0 Å². The number of carbonyl (C=O) groups is 1. The van der Waals surface area contributed by atoms with Crippen molar-refractivity contribution in [2.45, 2.75) is 45.8 Å². The van der Waals surface area contributed by atoms with Crippen LogP contribution in [-0.4, -0.2) is 31.3 Å². The van der Waals surface area contributed by atoms with Crippen LogP contribution in [0.15, 0.2) is 18.2 Å². The molecule has 0 unspecified atom stereocenters. The number of benzene rings is 1. The fraction of sp³-hybridized carbons (Fsp3) is 0.533. The van der Waals surface area contributed by atoms with Crippen LogP contribution < -0.4 is 10.8 Å². The van der Waals surface area contributed by atoms with Crippen molar-refractivity contribution in [2.24, 2.45) is 0 Å². The second-order valence-corrected chi connectivity index (χ2v) is 6.26. The van der Waals surface area contributed by atoms with Crippen molar-refractivity contribution in [2.75, 3.05) is 7.05 Å². The fourth-order valence-corrected chi connectivity index (χ4v) is 2.19. The number of nitrogens with one attached hydrogen (secondary N) is 1. The van der Waals surface area contributed by atoms with E-state index in [1.54, 1.807) is 7.05 Å². The summed E-state index contributed by atoms with van der Waals surface area (Å²) in [5.41, 5.74) is 1.62. The summed E-state index contributed by atoms with van der Waals surface area (Å²) in [7, 11) is 1.10. The molecule has 1 aliphatic rings. The van der Waals surface area contributed by atoms with Crippen LogP contribution in [0.3, 0.4) is 0 Å². The van der Waals surface area contributed by atoms with Crippen molar-refractivity contribution in [3.05, 3.63) is 29.3 Å². The lowest BCUT2D eigenvalue weighted by atomic mass is 9.75. The number of hydrogen-bond donors (Lipinski definition) is 1. The van der Waals surface area contributed by atoms with Gasteiger partial charge in [-0.15, -0.1) is 0 Å². The van der Waals surface area contributed by atoms with Gasteiger partial charge in [-0.3, -0.25) is 4.79 Å². The van der Waals surface area contributed by atoms with E-state index >= 15 is 0 Å². The zero-order chi connectivity index (χ0) is 15.1. The molecular weight excluding hydrogens is 253 g/mol. The highest BCUT2D eigenvalue weighted by atomic mass is 16.7. The van der Waals surface area contributed by atoms with Crippen molar-refractivity contribution < 1.29 is 14.1 Å². The maximum Gasteiger partial charge on any atom is 0.495 e. The normalized spacial score (nSPS) is 20.0. The van der Waals surface area contributed by atoms with Gasteiger partial charge < -0.3 is 14.6 Å². The number of amides is 1. The summed E-state index contributed by atoms with van der Waals surface area (Å²) in [6.45, 7) is 10.00. The van der Waals surface area contributed by atoms with Gasteiger partial charge in [0.25, 0.3) is 5.91 Å². The molecule has 0 aromatic heterocycles. The van der Waals surface area contributed by atoms with Crippen LogP contribution in [0.2, 0.25) is 0 Å². The van der Waals surface area contributed by atoms with E-state index in [4.69, 9.17) is 9.31 Å². The zero-order valence-corrected chi connectivity index (χ0v) is 13.0. The minimum absolute atomic E-state index is 0.130. The van der Waals surface area contributed by atoms with Crippen LogP contribution in [0.5, 0.6) is 0 Å². The Labute approximate surface area is 121 Å². The molecule has 0 spiro atoms. The van der Waals surface area contributed by atoms with Crippen molar-refractivity contribution in [1.29, 1.82) is 0 Å². The Hall–Kier alpha value is -1.33. The summed E-state index contributed by atoms with van der Waals surface area (Å²) in [6, 6.07) is 5.68. The zero-order valence-electron chi connectivity index (χ0n) is 13.0. The van der Waals surface area contributed by atoms with Gasteiger partial charge in [0, 0.05) is 12.6 Å². The standard InChI is InChI=1S/C15H22BNO3/c1-10-7-8-11(13(18)17-6)12(9-10)16-19-14(2,3)15(4,5)20-16/h7-9H,1-6H3,(H,17,18). The molecule has 108 valence electrons. The average molecular weight is 275 g/mol. The average Bonchev–Trinajstić information content (AvgIpc) is 2.57. The van der Waals surface area contributed by atoms with Crippen molar-refractivity contribution >= 4 is 18.5 Å². The summed E-state index contributed by atoms with van der Waals surface area (Å²) >= 11 is 0. The molecule has 1 aromatic carbocycles. The third-order valence-electron chi connectivity index (χ3n) is 4.19. The summed E-state index contributed by atoms with van der Waals surface area (Å²) in [5, 5.41) is 2.66. The Morgan fingerprint density at radius 2 is 1.70 bits per heavy atom. The van der Waals surface area contributed by atoms with Crippen LogP contribution in [0.1, 0.15) is 43.6 Å². The molecule has 1 heterocycles. The molecule has 1 fully saturated rings. The van der Waals surface area contributed by atoms with E-state index in [0.29, 0.717) is 5.56 Å². The molecule has 4 nitrogen and oxygen atoms in total. The quantitative estimate of drug-likeness (QED) is 0.835. The first-order chi connectivity index (χ1) is 9.18. The topological polar surface area (TPSA) is 47.6 Å². The number of rotatable bonds is 2. The van der Waals surface area contributed by atoms with Gasteiger partial charge in [-0.1, -0.05) is 17.7 Å². The van der Waals surface area contributed by atoms with Crippen LogP contribution in [0.25, 0.3) is 0 Å². The van der Waals surface area contributed by atoms with Crippen molar-refractivity contribution in [1.82, 2.24) is 5.32 Å². The van der Waals surface area contributed by atoms with Gasteiger partial charge in [0.05, 0.1) is 11.2 Å². The van der Waals surface area contributed by atoms with E-state index in [9.17, 15) is 4.79 Å². The third-order valence-corrected chi connectivity index (χ3v) is 4.19. The Morgan fingerprint density at radius 3 is 2.20 bits per heavy atom. The molecule has 5 heteroatoms. The maximum absolute atomic E-state index is 12.0. The van der Waals surface area contributed by atoms with Gasteiger partial charge in [0.2, 0.25) is 0 Å². The molecule has 0 bridgehead atoms. The largest absolute Gasteiger partial charge is 0.495 e. The van der Waals surface area contributed by atoms with E-state index < -0.39 is 18.3 Å². The first kappa shape index (κ1) is 15.1.